The molecule has 1 aromatic carbocycles. The topological polar surface area (TPSA) is 38.2 Å². The van der Waals surface area contributed by atoms with Gasteiger partial charge < -0.3 is 4.74 Å². The van der Waals surface area contributed by atoms with Crippen LogP contribution < -0.4 is 0 Å². The van der Waals surface area contributed by atoms with E-state index >= 15 is 0 Å². The van der Waals surface area contributed by atoms with Gasteiger partial charge in [-0.3, -0.25) is 4.90 Å². The van der Waals surface area contributed by atoms with Gasteiger partial charge in [0, 0.05) is 25.0 Å². The second-order valence-electron chi connectivity index (χ2n) is 8.30. The lowest BCUT2D eigenvalue weighted by molar-refractivity contribution is 0.0231. The van der Waals surface area contributed by atoms with Gasteiger partial charge in [0.15, 0.2) is 0 Å². The van der Waals surface area contributed by atoms with Crippen molar-refractivity contribution >= 4 is 0 Å². The first-order valence-electron chi connectivity index (χ1n) is 10.7. The van der Waals surface area contributed by atoms with Gasteiger partial charge in [-0.15, -0.1) is 0 Å². The summed E-state index contributed by atoms with van der Waals surface area (Å²) in [6.45, 7) is 8.70. The maximum atomic E-state index is 14.3. The van der Waals surface area contributed by atoms with Crippen LogP contribution in [0.4, 0.5) is 8.78 Å². The standard InChI is InChI=1S/C23H29F2N3O/c1-3-16-8-9-23(4-2,15-28-10-12-29-13-11-28)22-17(16)14-20(26-27-22)21-18(24)6-5-7-19(21)25/h5-7,14,16H,3-4,8-13,15H2,1-2H3/t16-,23+/m0/s1. The Labute approximate surface area is 171 Å². The molecular weight excluding hydrogens is 372 g/mol. The van der Waals surface area contributed by atoms with Crippen LogP contribution in [0.3, 0.4) is 0 Å². The lowest BCUT2D eigenvalue weighted by Gasteiger charge is -2.43. The fourth-order valence-electron chi connectivity index (χ4n) is 4.94. The molecule has 0 spiro atoms. The maximum absolute atomic E-state index is 14.3. The number of aromatic nitrogens is 2. The van der Waals surface area contributed by atoms with Crippen LogP contribution >= 0.6 is 0 Å². The Morgan fingerprint density at radius 2 is 1.86 bits per heavy atom. The normalized spacial score (nSPS) is 25.0. The predicted octanol–water partition coefficient (Wildman–Crippen LogP) is 4.69. The zero-order valence-electron chi connectivity index (χ0n) is 17.3. The SMILES string of the molecule is CC[C@H]1CC[C@](CC)(CN2CCOCC2)c2nnc(-c3c(F)cccc3F)cc21. The molecule has 2 heterocycles. The molecule has 0 radical (unpaired) electrons. The van der Waals surface area contributed by atoms with E-state index in [0.717, 1.165) is 69.8 Å². The van der Waals surface area contributed by atoms with Crippen molar-refractivity contribution in [2.24, 2.45) is 0 Å². The Kier molecular flexibility index (Phi) is 5.93. The first kappa shape index (κ1) is 20.4. The van der Waals surface area contributed by atoms with E-state index in [4.69, 9.17) is 4.74 Å². The molecule has 2 atom stereocenters. The summed E-state index contributed by atoms with van der Waals surface area (Å²) in [5.74, 6) is -0.852. The summed E-state index contributed by atoms with van der Waals surface area (Å²) in [4.78, 5) is 2.45. The number of hydrogen-bond acceptors (Lipinski definition) is 4. The second-order valence-corrected chi connectivity index (χ2v) is 8.30. The molecule has 4 nitrogen and oxygen atoms in total. The van der Waals surface area contributed by atoms with Crippen molar-refractivity contribution in [2.45, 2.75) is 50.9 Å². The Hall–Kier alpha value is -1.92. The summed E-state index contributed by atoms with van der Waals surface area (Å²) < 4.78 is 34.2. The summed E-state index contributed by atoms with van der Waals surface area (Å²) in [7, 11) is 0. The van der Waals surface area contributed by atoms with Crippen LogP contribution in [0.2, 0.25) is 0 Å². The summed E-state index contributed by atoms with van der Waals surface area (Å²) in [5.41, 5.74) is 2.26. The number of fused-ring (bicyclic) bond motifs is 1. The van der Waals surface area contributed by atoms with E-state index in [9.17, 15) is 8.78 Å². The quantitative estimate of drug-likeness (QED) is 0.729. The molecule has 1 aliphatic heterocycles. The van der Waals surface area contributed by atoms with Crippen LogP contribution in [0.1, 0.15) is 56.7 Å². The van der Waals surface area contributed by atoms with Gasteiger partial charge in [-0.05, 0) is 55.4 Å². The van der Waals surface area contributed by atoms with Crippen LogP contribution in [0.5, 0.6) is 0 Å². The number of ether oxygens (including phenoxy) is 1. The van der Waals surface area contributed by atoms with E-state index in [1.807, 2.05) is 6.07 Å². The Morgan fingerprint density at radius 1 is 1.14 bits per heavy atom. The molecule has 2 aromatic rings. The second kappa shape index (κ2) is 8.44. The summed E-state index contributed by atoms with van der Waals surface area (Å²) >= 11 is 0. The lowest BCUT2D eigenvalue weighted by atomic mass is 9.67. The van der Waals surface area contributed by atoms with Crippen molar-refractivity contribution < 1.29 is 13.5 Å². The minimum absolute atomic E-state index is 0.0718. The molecule has 29 heavy (non-hydrogen) atoms. The monoisotopic (exact) mass is 401 g/mol. The molecule has 0 N–H and O–H groups in total. The Morgan fingerprint density at radius 3 is 2.52 bits per heavy atom. The molecule has 1 fully saturated rings. The smallest absolute Gasteiger partial charge is 0.135 e. The van der Waals surface area contributed by atoms with Crippen molar-refractivity contribution in [1.82, 2.24) is 15.1 Å². The van der Waals surface area contributed by atoms with E-state index in [1.54, 1.807) is 0 Å². The van der Waals surface area contributed by atoms with Crippen molar-refractivity contribution in [1.29, 1.82) is 0 Å². The number of nitrogens with zero attached hydrogens (tertiary/aromatic N) is 3. The number of halogens is 2. The first-order chi connectivity index (χ1) is 14.1. The third kappa shape index (κ3) is 3.80. The Bertz CT molecular complexity index is 849. The highest BCUT2D eigenvalue weighted by atomic mass is 19.1. The summed E-state index contributed by atoms with van der Waals surface area (Å²) in [6.07, 6.45) is 4.08. The zero-order chi connectivity index (χ0) is 20.4. The number of morpholine rings is 1. The van der Waals surface area contributed by atoms with Crippen molar-refractivity contribution in [3.63, 3.8) is 0 Å². The van der Waals surface area contributed by atoms with Crippen LogP contribution in [0, 0.1) is 11.6 Å². The van der Waals surface area contributed by atoms with E-state index in [-0.39, 0.29) is 16.7 Å². The molecule has 0 unspecified atom stereocenters. The summed E-state index contributed by atoms with van der Waals surface area (Å²) in [6, 6.07) is 5.80. The molecule has 1 saturated heterocycles. The molecule has 0 amide bonds. The van der Waals surface area contributed by atoms with Crippen LogP contribution in [0.25, 0.3) is 11.3 Å². The van der Waals surface area contributed by atoms with Gasteiger partial charge in [0.25, 0.3) is 0 Å². The van der Waals surface area contributed by atoms with Crippen molar-refractivity contribution in [3.8, 4) is 11.3 Å². The van der Waals surface area contributed by atoms with Gasteiger partial charge in [-0.2, -0.15) is 10.2 Å². The molecule has 1 aromatic heterocycles. The average Bonchev–Trinajstić information content (AvgIpc) is 2.74. The molecule has 2 aliphatic rings. The van der Waals surface area contributed by atoms with Gasteiger partial charge >= 0.3 is 0 Å². The van der Waals surface area contributed by atoms with Crippen molar-refractivity contribution in [2.75, 3.05) is 32.8 Å². The number of benzene rings is 1. The molecule has 0 bridgehead atoms. The van der Waals surface area contributed by atoms with E-state index in [0.29, 0.717) is 5.92 Å². The predicted molar refractivity (Wildman–Crippen MR) is 109 cm³/mol. The van der Waals surface area contributed by atoms with Gasteiger partial charge in [0.1, 0.15) is 11.6 Å². The van der Waals surface area contributed by atoms with Gasteiger partial charge in [-0.25, -0.2) is 8.78 Å². The van der Waals surface area contributed by atoms with Gasteiger partial charge in [0.05, 0.1) is 30.2 Å². The Balaban J connectivity index is 1.77. The molecule has 6 heteroatoms. The first-order valence-corrected chi connectivity index (χ1v) is 10.7. The minimum atomic E-state index is -0.599. The average molecular weight is 402 g/mol. The van der Waals surface area contributed by atoms with Crippen molar-refractivity contribution in [3.05, 3.63) is 47.2 Å². The third-order valence-corrected chi connectivity index (χ3v) is 6.76. The highest BCUT2D eigenvalue weighted by Gasteiger charge is 2.41. The maximum Gasteiger partial charge on any atom is 0.135 e. The fourth-order valence-corrected chi connectivity index (χ4v) is 4.94. The highest BCUT2D eigenvalue weighted by molar-refractivity contribution is 5.62. The summed E-state index contributed by atoms with van der Waals surface area (Å²) in [5, 5.41) is 8.94. The zero-order valence-corrected chi connectivity index (χ0v) is 17.3. The molecule has 156 valence electrons. The molecule has 1 aliphatic carbocycles. The third-order valence-electron chi connectivity index (χ3n) is 6.76. The molecule has 0 saturated carbocycles. The van der Waals surface area contributed by atoms with Crippen LogP contribution in [0.15, 0.2) is 24.3 Å². The molecular formula is C23H29F2N3O. The van der Waals surface area contributed by atoms with E-state index in [1.165, 1.54) is 18.2 Å². The van der Waals surface area contributed by atoms with Crippen LogP contribution in [-0.2, 0) is 10.2 Å². The van der Waals surface area contributed by atoms with Crippen LogP contribution in [-0.4, -0.2) is 47.9 Å². The molecule has 4 rings (SSSR count). The highest BCUT2D eigenvalue weighted by Crippen LogP contribution is 2.46. The fraction of sp³-hybridized carbons (Fsp3) is 0.565. The minimum Gasteiger partial charge on any atom is -0.379 e. The van der Waals surface area contributed by atoms with Gasteiger partial charge in [0.2, 0.25) is 0 Å². The van der Waals surface area contributed by atoms with E-state index in [2.05, 4.69) is 28.9 Å². The van der Waals surface area contributed by atoms with Gasteiger partial charge in [-0.1, -0.05) is 19.9 Å². The number of rotatable bonds is 5. The van der Waals surface area contributed by atoms with E-state index < -0.39 is 11.6 Å². The lowest BCUT2D eigenvalue weighted by Crippen LogP contribution is -2.48. The largest absolute Gasteiger partial charge is 0.379 e. The number of hydrogen-bond donors (Lipinski definition) is 0.